The Morgan fingerprint density at radius 2 is 2.14 bits per heavy atom. The molecule has 1 aromatic carbocycles. The first-order chi connectivity index (χ1) is 9.73. The average Bonchev–Trinajstić information content (AvgIpc) is 2.35. The number of hydrogen-bond acceptors (Lipinski definition) is 3. The molecule has 1 amide bonds. The third-order valence-corrected chi connectivity index (χ3v) is 3.10. The molecule has 0 bridgehead atoms. The highest BCUT2D eigenvalue weighted by Gasteiger charge is 2.19. The van der Waals surface area contributed by atoms with Gasteiger partial charge in [-0.1, -0.05) is 17.7 Å². The lowest BCUT2D eigenvalue weighted by molar-refractivity contribution is 0.0512. The zero-order valence-corrected chi connectivity index (χ0v) is 13.2. The van der Waals surface area contributed by atoms with Gasteiger partial charge in [0.15, 0.2) is 0 Å². The lowest BCUT2D eigenvalue weighted by Gasteiger charge is -2.21. The Bertz CT molecular complexity index is 468. The summed E-state index contributed by atoms with van der Waals surface area (Å²) in [6.07, 6.45) is -0.335. The zero-order chi connectivity index (χ0) is 16.0. The molecule has 0 aliphatic heterocycles. The lowest BCUT2D eigenvalue weighted by Crippen LogP contribution is -2.36. The Morgan fingerprint density at radius 1 is 1.48 bits per heavy atom. The largest absolute Gasteiger partial charge is 0.444 e. The second kappa shape index (κ2) is 7.61. The highest BCUT2D eigenvalue weighted by atomic mass is 35.5. The first-order valence-corrected chi connectivity index (χ1v) is 7.11. The number of carbonyl (C=O) groups is 1. The van der Waals surface area contributed by atoms with Gasteiger partial charge in [-0.25, -0.2) is 9.18 Å². The predicted octanol–water partition coefficient (Wildman–Crippen LogP) is 3.15. The van der Waals surface area contributed by atoms with Gasteiger partial charge in [-0.05, 0) is 39.3 Å². The third-order valence-electron chi connectivity index (χ3n) is 2.75. The molecule has 0 aliphatic rings. The molecule has 0 heterocycles. The number of hydrogen-bond donors (Lipinski definition) is 2. The van der Waals surface area contributed by atoms with E-state index in [1.807, 2.05) is 0 Å². The van der Waals surface area contributed by atoms with Crippen LogP contribution < -0.4 is 5.32 Å². The number of amides is 1. The van der Waals surface area contributed by atoms with E-state index in [0.717, 1.165) is 0 Å². The minimum Gasteiger partial charge on any atom is -0.444 e. The van der Waals surface area contributed by atoms with E-state index in [2.05, 4.69) is 5.32 Å². The standard InChI is InChI=1S/C15H21ClFNO3/c1-15(2,3)21-14(20)18-8-10(9-19)7-11-12(16)5-4-6-13(11)17/h4-6,10,19H,7-9H2,1-3H3,(H,18,20). The van der Waals surface area contributed by atoms with Crippen molar-refractivity contribution in [3.05, 3.63) is 34.6 Å². The monoisotopic (exact) mass is 317 g/mol. The Morgan fingerprint density at radius 3 is 2.67 bits per heavy atom. The predicted molar refractivity (Wildman–Crippen MR) is 79.9 cm³/mol. The zero-order valence-electron chi connectivity index (χ0n) is 12.5. The fraction of sp³-hybridized carbons (Fsp3) is 0.533. The Labute approximate surface area is 129 Å². The van der Waals surface area contributed by atoms with E-state index < -0.39 is 17.5 Å². The Hall–Kier alpha value is -1.33. The van der Waals surface area contributed by atoms with Crippen molar-refractivity contribution >= 4 is 17.7 Å². The Balaban J connectivity index is 2.58. The van der Waals surface area contributed by atoms with Gasteiger partial charge in [-0.15, -0.1) is 0 Å². The van der Waals surface area contributed by atoms with Crippen molar-refractivity contribution in [3.8, 4) is 0 Å². The van der Waals surface area contributed by atoms with Crippen LogP contribution in [0, 0.1) is 11.7 Å². The van der Waals surface area contributed by atoms with Gasteiger partial charge in [0.2, 0.25) is 0 Å². The van der Waals surface area contributed by atoms with E-state index in [9.17, 15) is 14.3 Å². The van der Waals surface area contributed by atoms with E-state index in [1.54, 1.807) is 26.8 Å². The first-order valence-electron chi connectivity index (χ1n) is 6.73. The quantitative estimate of drug-likeness (QED) is 0.877. The number of alkyl carbamates (subject to hydrolysis) is 1. The number of rotatable bonds is 5. The molecule has 0 spiro atoms. The van der Waals surface area contributed by atoms with E-state index in [4.69, 9.17) is 16.3 Å². The van der Waals surface area contributed by atoms with Gasteiger partial charge >= 0.3 is 6.09 Å². The minimum absolute atomic E-state index is 0.177. The minimum atomic E-state index is -0.590. The number of aliphatic hydroxyl groups is 1. The number of aliphatic hydroxyl groups excluding tert-OH is 1. The van der Waals surface area contributed by atoms with Crippen LogP contribution in [0.25, 0.3) is 0 Å². The maximum Gasteiger partial charge on any atom is 0.407 e. The van der Waals surface area contributed by atoms with Crippen LogP contribution in [-0.2, 0) is 11.2 Å². The number of benzene rings is 1. The van der Waals surface area contributed by atoms with Crippen LogP contribution in [0.4, 0.5) is 9.18 Å². The summed E-state index contributed by atoms with van der Waals surface area (Å²) in [6, 6.07) is 4.43. The summed E-state index contributed by atoms with van der Waals surface area (Å²) >= 11 is 5.95. The SMILES string of the molecule is CC(C)(C)OC(=O)NCC(CO)Cc1c(F)cccc1Cl. The fourth-order valence-electron chi connectivity index (χ4n) is 1.76. The molecule has 0 saturated heterocycles. The van der Waals surface area contributed by atoms with Crippen molar-refractivity contribution in [1.82, 2.24) is 5.32 Å². The topological polar surface area (TPSA) is 58.6 Å². The van der Waals surface area contributed by atoms with E-state index in [-0.39, 0.29) is 25.5 Å². The molecule has 0 fully saturated rings. The maximum atomic E-state index is 13.7. The summed E-state index contributed by atoms with van der Waals surface area (Å²) in [4.78, 5) is 11.6. The smallest absolute Gasteiger partial charge is 0.407 e. The number of carbonyl (C=O) groups excluding carboxylic acids is 1. The summed E-state index contributed by atoms with van der Waals surface area (Å²) in [5, 5.41) is 12.2. The van der Waals surface area contributed by atoms with Crippen molar-refractivity contribution in [2.75, 3.05) is 13.2 Å². The van der Waals surface area contributed by atoms with Crippen molar-refractivity contribution in [3.63, 3.8) is 0 Å². The molecule has 21 heavy (non-hydrogen) atoms. The highest BCUT2D eigenvalue weighted by Crippen LogP contribution is 2.22. The van der Waals surface area contributed by atoms with Crippen LogP contribution >= 0.6 is 11.6 Å². The molecule has 1 atom stereocenters. The van der Waals surface area contributed by atoms with Crippen LogP contribution in [0.5, 0.6) is 0 Å². The van der Waals surface area contributed by atoms with Gasteiger partial charge in [0, 0.05) is 29.7 Å². The molecule has 0 aromatic heterocycles. The molecule has 0 saturated carbocycles. The Kier molecular flexibility index (Phi) is 6.42. The maximum absolute atomic E-state index is 13.7. The lowest BCUT2D eigenvalue weighted by atomic mass is 9.99. The van der Waals surface area contributed by atoms with E-state index in [1.165, 1.54) is 12.1 Å². The van der Waals surface area contributed by atoms with Crippen LogP contribution in [-0.4, -0.2) is 30.0 Å². The van der Waals surface area contributed by atoms with Crippen molar-refractivity contribution in [1.29, 1.82) is 0 Å². The first kappa shape index (κ1) is 17.7. The summed E-state index contributed by atoms with van der Waals surface area (Å²) in [5.74, 6) is -0.759. The van der Waals surface area contributed by atoms with Crippen LogP contribution in [0.1, 0.15) is 26.3 Å². The van der Waals surface area contributed by atoms with Gasteiger partial charge in [0.25, 0.3) is 0 Å². The van der Waals surface area contributed by atoms with E-state index >= 15 is 0 Å². The molecule has 4 nitrogen and oxygen atoms in total. The third kappa shape index (κ3) is 6.31. The van der Waals surface area contributed by atoms with Gasteiger partial charge < -0.3 is 15.2 Å². The molecule has 118 valence electrons. The normalized spacial score (nSPS) is 12.9. The number of nitrogens with one attached hydrogen (secondary N) is 1. The van der Waals surface area contributed by atoms with Crippen molar-refractivity contribution in [2.24, 2.45) is 5.92 Å². The summed E-state index contributed by atoms with van der Waals surface area (Å²) in [7, 11) is 0. The van der Waals surface area contributed by atoms with Crippen LogP contribution in [0.2, 0.25) is 5.02 Å². The molecule has 2 N–H and O–H groups in total. The van der Waals surface area contributed by atoms with Gasteiger partial charge in [-0.2, -0.15) is 0 Å². The van der Waals surface area contributed by atoms with Crippen molar-refractivity contribution < 1.29 is 19.0 Å². The fourth-order valence-corrected chi connectivity index (χ4v) is 2.00. The molecular formula is C15H21ClFNO3. The summed E-state index contributed by atoms with van der Waals surface area (Å²) in [5.41, 5.74) is -0.252. The molecule has 1 rings (SSSR count). The molecule has 0 aliphatic carbocycles. The summed E-state index contributed by atoms with van der Waals surface area (Å²) in [6.45, 7) is 5.26. The number of ether oxygens (including phenoxy) is 1. The number of halogens is 2. The molecule has 0 radical (unpaired) electrons. The highest BCUT2D eigenvalue weighted by molar-refractivity contribution is 6.31. The van der Waals surface area contributed by atoms with Gasteiger partial charge in [0.1, 0.15) is 11.4 Å². The second-order valence-corrected chi connectivity index (χ2v) is 6.24. The van der Waals surface area contributed by atoms with Crippen LogP contribution in [0.3, 0.4) is 0 Å². The molecule has 6 heteroatoms. The van der Waals surface area contributed by atoms with Gasteiger partial charge in [-0.3, -0.25) is 0 Å². The molecule has 1 unspecified atom stereocenters. The average molecular weight is 318 g/mol. The van der Waals surface area contributed by atoms with E-state index in [0.29, 0.717) is 10.6 Å². The van der Waals surface area contributed by atoms with Crippen molar-refractivity contribution in [2.45, 2.75) is 32.8 Å². The van der Waals surface area contributed by atoms with Crippen LogP contribution in [0.15, 0.2) is 18.2 Å². The second-order valence-electron chi connectivity index (χ2n) is 5.84. The molecular weight excluding hydrogens is 297 g/mol. The summed E-state index contributed by atoms with van der Waals surface area (Å²) < 4.78 is 18.8. The van der Waals surface area contributed by atoms with Gasteiger partial charge in [0.05, 0.1) is 0 Å². The molecule has 1 aromatic rings.